The first-order valence-electron chi connectivity index (χ1n) is 4.83. The van der Waals surface area contributed by atoms with Crippen molar-refractivity contribution >= 4 is 5.97 Å². The molecule has 1 unspecified atom stereocenters. The number of rotatable bonds is 5. The molecule has 92 valence electrons. The van der Waals surface area contributed by atoms with Gasteiger partial charge >= 0.3 is 5.97 Å². The molecule has 1 rings (SSSR count). The Hall–Kier alpha value is -2.05. The Kier molecular flexibility index (Phi) is 4.50. The Morgan fingerprint density at radius 2 is 2.41 bits per heavy atom. The van der Waals surface area contributed by atoms with Crippen LogP contribution in [0.2, 0.25) is 0 Å². The van der Waals surface area contributed by atoms with Crippen LogP contribution in [0.3, 0.4) is 0 Å². The largest absolute Gasteiger partial charge is 0.469 e. The predicted molar refractivity (Wildman–Crippen MR) is 55.4 cm³/mol. The lowest BCUT2D eigenvalue weighted by Crippen LogP contribution is -2.18. The smallest absolute Gasteiger partial charge is 0.306 e. The predicted octanol–water partition coefficient (Wildman–Crippen LogP) is 1.14. The number of hydrogen-bond acceptors (Lipinski definition) is 5. The van der Waals surface area contributed by atoms with E-state index < -0.39 is 29.3 Å². The third-order valence-electron chi connectivity index (χ3n) is 2.24. The molecule has 0 N–H and O–H groups in total. The summed E-state index contributed by atoms with van der Waals surface area (Å²) in [6.07, 6.45) is 0.986. The highest BCUT2D eigenvalue weighted by Gasteiger charge is 2.25. The van der Waals surface area contributed by atoms with Gasteiger partial charge < -0.3 is 4.74 Å². The van der Waals surface area contributed by atoms with E-state index in [0.29, 0.717) is 0 Å². The molecule has 0 radical (unpaired) electrons. The summed E-state index contributed by atoms with van der Waals surface area (Å²) in [6.45, 7) is -0.544. The van der Waals surface area contributed by atoms with Crippen molar-refractivity contribution in [3.8, 4) is 0 Å². The maximum Gasteiger partial charge on any atom is 0.306 e. The van der Waals surface area contributed by atoms with Crippen LogP contribution in [0.4, 0.5) is 4.39 Å². The average Bonchev–Trinajstić information content (AvgIpc) is 2.28. The van der Waals surface area contributed by atoms with Crippen molar-refractivity contribution in [2.45, 2.75) is 12.3 Å². The highest BCUT2D eigenvalue weighted by molar-refractivity contribution is 5.70. The van der Waals surface area contributed by atoms with Gasteiger partial charge in [0.2, 0.25) is 12.5 Å². The summed E-state index contributed by atoms with van der Waals surface area (Å²) in [5.41, 5.74) is 0.0506. The number of ether oxygens (including phenoxy) is 1. The molecule has 1 heterocycles. The molecule has 0 saturated heterocycles. The molecule has 0 aromatic carbocycles. The van der Waals surface area contributed by atoms with Crippen LogP contribution in [0, 0.1) is 16.1 Å². The fourth-order valence-corrected chi connectivity index (χ4v) is 1.44. The van der Waals surface area contributed by atoms with Gasteiger partial charge in [0.15, 0.2) is 0 Å². The number of methoxy groups -OCH3 is 1. The molecule has 6 nitrogen and oxygen atoms in total. The van der Waals surface area contributed by atoms with E-state index in [-0.39, 0.29) is 12.0 Å². The van der Waals surface area contributed by atoms with E-state index in [4.69, 9.17) is 0 Å². The van der Waals surface area contributed by atoms with E-state index in [2.05, 4.69) is 9.72 Å². The molecule has 7 heteroatoms. The molecule has 0 spiro atoms. The monoisotopic (exact) mass is 242 g/mol. The molecule has 0 saturated carbocycles. The van der Waals surface area contributed by atoms with E-state index in [1.807, 2.05) is 0 Å². The maximum absolute atomic E-state index is 13.4. The van der Waals surface area contributed by atoms with Gasteiger partial charge in [-0.2, -0.15) is 4.39 Å². The zero-order valence-electron chi connectivity index (χ0n) is 9.13. The number of aromatic nitrogens is 1. The molecule has 0 fully saturated rings. The number of nitro groups is 1. The van der Waals surface area contributed by atoms with Crippen LogP contribution in [0.15, 0.2) is 18.3 Å². The highest BCUT2D eigenvalue weighted by Crippen LogP contribution is 2.22. The normalized spacial score (nSPS) is 11.9. The second kappa shape index (κ2) is 5.88. The standard InChI is InChI=1S/C10H11FN2O4/c1-17-9(14)5-7(6-13(15)16)8-3-2-4-12-10(8)11/h2-4,7H,5-6H2,1H3. The van der Waals surface area contributed by atoms with Crippen molar-refractivity contribution in [2.75, 3.05) is 13.7 Å². The minimum Gasteiger partial charge on any atom is -0.469 e. The Labute approximate surface area is 96.6 Å². The molecule has 1 atom stereocenters. The van der Waals surface area contributed by atoms with Crippen LogP contribution in [0.5, 0.6) is 0 Å². The van der Waals surface area contributed by atoms with Gasteiger partial charge in [-0.15, -0.1) is 0 Å². The first-order chi connectivity index (χ1) is 8.04. The molecule has 0 aliphatic carbocycles. The number of nitrogens with zero attached hydrogens (tertiary/aromatic N) is 2. The van der Waals surface area contributed by atoms with Gasteiger partial charge in [-0.05, 0) is 6.07 Å². The minimum absolute atomic E-state index is 0.0506. The van der Waals surface area contributed by atoms with Crippen LogP contribution in [0.25, 0.3) is 0 Å². The van der Waals surface area contributed by atoms with Crippen molar-refractivity contribution in [1.29, 1.82) is 0 Å². The summed E-state index contributed by atoms with van der Waals surface area (Å²) in [5, 5.41) is 10.5. The van der Waals surface area contributed by atoms with Crippen molar-refractivity contribution < 1.29 is 18.8 Å². The molecule has 1 aromatic rings. The molecular weight excluding hydrogens is 231 g/mol. The van der Waals surface area contributed by atoms with E-state index in [9.17, 15) is 19.3 Å². The lowest BCUT2D eigenvalue weighted by Gasteiger charge is -2.11. The van der Waals surface area contributed by atoms with Gasteiger partial charge in [-0.3, -0.25) is 14.9 Å². The summed E-state index contributed by atoms with van der Waals surface area (Å²) >= 11 is 0. The average molecular weight is 242 g/mol. The van der Waals surface area contributed by atoms with Gasteiger partial charge in [0, 0.05) is 16.7 Å². The number of carbonyl (C=O) groups is 1. The SMILES string of the molecule is COC(=O)CC(C[N+](=O)[O-])c1cccnc1F. The van der Waals surface area contributed by atoms with Crippen LogP contribution < -0.4 is 0 Å². The summed E-state index contributed by atoms with van der Waals surface area (Å²) in [4.78, 5) is 24.4. The number of pyridine rings is 1. The van der Waals surface area contributed by atoms with E-state index >= 15 is 0 Å². The van der Waals surface area contributed by atoms with Crippen molar-refractivity contribution in [1.82, 2.24) is 4.98 Å². The van der Waals surface area contributed by atoms with Crippen molar-refractivity contribution in [3.63, 3.8) is 0 Å². The lowest BCUT2D eigenvalue weighted by atomic mass is 9.97. The molecule has 1 aromatic heterocycles. The first kappa shape index (κ1) is 13.0. The topological polar surface area (TPSA) is 82.3 Å². The van der Waals surface area contributed by atoms with Crippen LogP contribution in [-0.2, 0) is 9.53 Å². The highest BCUT2D eigenvalue weighted by atomic mass is 19.1. The molecule has 0 bridgehead atoms. The fraction of sp³-hybridized carbons (Fsp3) is 0.400. The Bertz CT molecular complexity index is 425. The summed E-state index contributed by atoms with van der Waals surface area (Å²) in [7, 11) is 1.17. The third-order valence-corrected chi connectivity index (χ3v) is 2.24. The lowest BCUT2D eigenvalue weighted by molar-refractivity contribution is -0.483. The molecule has 17 heavy (non-hydrogen) atoms. The van der Waals surface area contributed by atoms with Crippen LogP contribution in [0.1, 0.15) is 17.9 Å². The van der Waals surface area contributed by atoms with Gasteiger partial charge in [-0.1, -0.05) is 6.07 Å². The minimum atomic E-state index is -0.869. The zero-order chi connectivity index (χ0) is 12.8. The van der Waals surface area contributed by atoms with E-state index in [1.165, 1.54) is 25.4 Å². The Balaban J connectivity index is 2.93. The summed E-state index contributed by atoms with van der Waals surface area (Å²) in [5.74, 6) is -2.30. The quantitative estimate of drug-likeness (QED) is 0.334. The first-order valence-corrected chi connectivity index (χ1v) is 4.83. The fourth-order valence-electron chi connectivity index (χ4n) is 1.44. The Morgan fingerprint density at radius 3 is 2.94 bits per heavy atom. The van der Waals surface area contributed by atoms with Gasteiger partial charge in [0.25, 0.3) is 0 Å². The van der Waals surface area contributed by atoms with E-state index in [0.717, 1.165) is 0 Å². The van der Waals surface area contributed by atoms with Gasteiger partial charge in [0.05, 0.1) is 19.4 Å². The molecule has 0 aliphatic rings. The number of esters is 1. The second-order valence-electron chi connectivity index (χ2n) is 3.38. The van der Waals surface area contributed by atoms with Gasteiger partial charge in [-0.25, -0.2) is 4.98 Å². The third kappa shape index (κ3) is 3.78. The van der Waals surface area contributed by atoms with Crippen molar-refractivity contribution in [2.24, 2.45) is 0 Å². The van der Waals surface area contributed by atoms with Crippen molar-refractivity contribution in [3.05, 3.63) is 40.0 Å². The maximum atomic E-state index is 13.4. The number of carbonyl (C=O) groups excluding carboxylic acids is 1. The number of halogens is 1. The second-order valence-corrected chi connectivity index (χ2v) is 3.38. The molecule has 0 aliphatic heterocycles. The summed E-state index contributed by atoms with van der Waals surface area (Å²) in [6, 6.07) is 2.84. The van der Waals surface area contributed by atoms with Gasteiger partial charge in [0.1, 0.15) is 0 Å². The zero-order valence-corrected chi connectivity index (χ0v) is 9.13. The number of hydrogen-bond donors (Lipinski definition) is 0. The molecule has 0 amide bonds. The summed E-state index contributed by atoms with van der Waals surface area (Å²) < 4.78 is 17.8. The van der Waals surface area contributed by atoms with Crippen LogP contribution in [-0.4, -0.2) is 29.5 Å². The van der Waals surface area contributed by atoms with E-state index in [1.54, 1.807) is 0 Å². The van der Waals surface area contributed by atoms with Crippen LogP contribution >= 0.6 is 0 Å². The Morgan fingerprint density at radius 1 is 1.71 bits per heavy atom. The molecular formula is C10H11FN2O4.